The highest BCUT2D eigenvalue weighted by molar-refractivity contribution is 7.21. The number of rotatable bonds is 1. The minimum Gasteiger partial charge on any atom is -0.506 e. The van der Waals surface area contributed by atoms with E-state index in [4.69, 9.17) is 11.7 Å². The molecule has 0 aliphatic heterocycles. The summed E-state index contributed by atoms with van der Waals surface area (Å²) in [4.78, 5) is 0.543. The highest BCUT2D eigenvalue weighted by atomic mass is 32.1. The second-order valence-electron chi connectivity index (χ2n) is 2.90. The molecular formula is C9H10N4OS. The van der Waals surface area contributed by atoms with Gasteiger partial charge in [0.15, 0.2) is 5.84 Å². The summed E-state index contributed by atoms with van der Waals surface area (Å²) >= 11 is 1.38. The van der Waals surface area contributed by atoms with Crippen LogP contribution in [0.25, 0.3) is 10.1 Å². The van der Waals surface area contributed by atoms with Crippen LogP contribution < -0.4 is 17.1 Å². The van der Waals surface area contributed by atoms with E-state index >= 15 is 0 Å². The Bertz CT molecular complexity index is 520. The quantitative estimate of drug-likeness (QED) is 0.247. The maximum Gasteiger partial charge on any atom is 0.180 e. The molecule has 1 heterocycles. The van der Waals surface area contributed by atoms with E-state index in [0.717, 1.165) is 10.1 Å². The van der Waals surface area contributed by atoms with Crippen molar-refractivity contribution in [1.29, 1.82) is 0 Å². The first-order valence-electron chi connectivity index (χ1n) is 4.23. The van der Waals surface area contributed by atoms with Crippen molar-refractivity contribution in [3.05, 3.63) is 29.1 Å². The largest absolute Gasteiger partial charge is 0.506 e. The van der Waals surface area contributed by atoms with Crippen LogP contribution in [0.2, 0.25) is 0 Å². The number of thiophene rings is 1. The summed E-state index contributed by atoms with van der Waals surface area (Å²) in [5.74, 6) is 10.8. The number of nitrogens with zero attached hydrogens (tertiary/aromatic N) is 1. The van der Waals surface area contributed by atoms with Gasteiger partial charge in [0.1, 0.15) is 10.6 Å². The molecule has 0 saturated carbocycles. The van der Waals surface area contributed by atoms with Crippen LogP contribution in [0.1, 0.15) is 4.88 Å². The summed E-state index contributed by atoms with van der Waals surface area (Å²) < 4.78 is 0.960. The van der Waals surface area contributed by atoms with E-state index in [-0.39, 0.29) is 11.6 Å². The van der Waals surface area contributed by atoms with Crippen molar-refractivity contribution in [2.45, 2.75) is 0 Å². The normalized spacial score (nSPS) is 11.9. The Morgan fingerprint density at radius 2 is 2.13 bits per heavy atom. The van der Waals surface area contributed by atoms with Crippen LogP contribution >= 0.6 is 11.3 Å². The molecule has 5 nitrogen and oxygen atoms in total. The van der Waals surface area contributed by atoms with E-state index in [0.29, 0.717) is 4.88 Å². The van der Waals surface area contributed by atoms with E-state index in [1.807, 2.05) is 24.3 Å². The molecule has 6 N–H and O–H groups in total. The van der Waals surface area contributed by atoms with E-state index in [1.165, 1.54) is 11.3 Å². The fourth-order valence-electron chi connectivity index (χ4n) is 1.35. The first-order chi connectivity index (χ1) is 7.27. The van der Waals surface area contributed by atoms with Crippen LogP contribution in [0.5, 0.6) is 5.75 Å². The Kier molecular flexibility index (Phi) is 2.44. The zero-order chi connectivity index (χ0) is 10.8. The first-order valence-corrected chi connectivity index (χ1v) is 5.05. The third-order valence-electron chi connectivity index (χ3n) is 2.05. The lowest BCUT2D eigenvalue weighted by atomic mass is 10.2. The Morgan fingerprint density at radius 1 is 1.40 bits per heavy atom. The molecule has 0 unspecified atom stereocenters. The Balaban J connectivity index is 2.68. The number of hydrazone groups is 1. The summed E-state index contributed by atoms with van der Waals surface area (Å²) in [7, 11) is 0. The molecule has 0 aliphatic rings. The molecule has 78 valence electrons. The van der Waals surface area contributed by atoms with Gasteiger partial charge in [0.2, 0.25) is 0 Å². The average molecular weight is 222 g/mol. The third kappa shape index (κ3) is 1.49. The molecule has 6 heteroatoms. The highest BCUT2D eigenvalue weighted by Crippen LogP contribution is 2.36. The lowest BCUT2D eigenvalue weighted by Crippen LogP contribution is -2.31. The molecule has 1 aromatic heterocycles. The highest BCUT2D eigenvalue weighted by Gasteiger charge is 2.14. The molecule has 0 bridgehead atoms. The van der Waals surface area contributed by atoms with Gasteiger partial charge in [-0.15, -0.1) is 11.3 Å². The van der Waals surface area contributed by atoms with Gasteiger partial charge in [0.25, 0.3) is 0 Å². The topological polar surface area (TPSA) is 96.7 Å². The standard InChI is InChI=1S/C9H10N4OS/c10-12-9(13-11)8-7(14)5-3-1-2-4-6(5)15-8/h1-4,14H,10-11H2,(H,12,13). The number of amidine groups is 1. The molecule has 2 rings (SSSR count). The van der Waals surface area contributed by atoms with Crippen molar-refractivity contribution in [2.75, 3.05) is 0 Å². The van der Waals surface area contributed by atoms with Crippen LogP contribution in [0.4, 0.5) is 0 Å². The molecule has 0 radical (unpaired) electrons. The minimum absolute atomic E-state index is 0.151. The predicted molar refractivity (Wildman–Crippen MR) is 61.5 cm³/mol. The smallest absolute Gasteiger partial charge is 0.180 e. The molecule has 0 saturated heterocycles. The summed E-state index contributed by atoms with van der Waals surface area (Å²) in [5.41, 5.74) is 2.35. The second-order valence-corrected chi connectivity index (χ2v) is 3.95. The van der Waals surface area contributed by atoms with Crippen molar-refractivity contribution < 1.29 is 5.11 Å². The molecule has 0 spiro atoms. The van der Waals surface area contributed by atoms with Crippen LogP contribution in [0.3, 0.4) is 0 Å². The maximum atomic E-state index is 9.90. The van der Waals surface area contributed by atoms with Crippen molar-refractivity contribution in [3.8, 4) is 5.75 Å². The number of hydrogen-bond donors (Lipinski definition) is 4. The maximum absolute atomic E-state index is 9.90. The number of fused-ring (bicyclic) bond motifs is 1. The Hall–Kier alpha value is -1.79. The number of nitrogens with one attached hydrogen (secondary N) is 1. The Labute approximate surface area is 90.0 Å². The molecule has 0 atom stereocenters. The number of hydrogen-bond acceptors (Lipinski definition) is 5. The zero-order valence-corrected chi connectivity index (χ0v) is 8.58. The molecular weight excluding hydrogens is 212 g/mol. The van der Waals surface area contributed by atoms with Crippen LogP contribution in [0.15, 0.2) is 29.4 Å². The average Bonchev–Trinajstić information content (AvgIpc) is 2.60. The van der Waals surface area contributed by atoms with Crippen molar-refractivity contribution in [1.82, 2.24) is 5.43 Å². The summed E-state index contributed by atoms with van der Waals surface area (Å²) in [6.07, 6.45) is 0. The van der Waals surface area contributed by atoms with E-state index in [2.05, 4.69) is 10.5 Å². The SMILES string of the molecule is N/N=C(\NN)c1sc2ccccc2c1O. The first kappa shape index (κ1) is 9.75. The van der Waals surface area contributed by atoms with Gasteiger partial charge >= 0.3 is 0 Å². The van der Waals surface area contributed by atoms with Gasteiger partial charge in [-0.1, -0.05) is 12.1 Å². The number of aromatic hydroxyl groups is 1. The second kappa shape index (κ2) is 3.76. The fourth-order valence-corrected chi connectivity index (χ4v) is 2.41. The minimum atomic E-state index is 0.151. The lowest BCUT2D eigenvalue weighted by molar-refractivity contribution is 0.482. The molecule has 0 amide bonds. The van der Waals surface area contributed by atoms with Crippen LogP contribution in [-0.2, 0) is 0 Å². The van der Waals surface area contributed by atoms with Gasteiger partial charge in [0, 0.05) is 10.1 Å². The van der Waals surface area contributed by atoms with Crippen LogP contribution in [0, 0.1) is 0 Å². The van der Waals surface area contributed by atoms with E-state index in [9.17, 15) is 5.11 Å². The van der Waals surface area contributed by atoms with Gasteiger partial charge in [-0.3, -0.25) is 0 Å². The fraction of sp³-hybridized carbons (Fsp3) is 0. The number of nitrogens with two attached hydrogens (primary N) is 2. The van der Waals surface area contributed by atoms with Gasteiger partial charge in [0.05, 0.1) is 0 Å². The summed E-state index contributed by atoms with van der Waals surface area (Å²) in [6, 6.07) is 7.49. The third-order valence-corrected chi connectivity index (χ3v) is 3.22. The van der Waals surface area contributed by atoms with Crippen molar-refractivity contribution in [2.24, 2.45) is 16.8 Å². The van der Waals surface area contributed by atoms with Crippen LogP contribution in [-0.4, -0.2) is 10.9 Å². The molecule has 1 aromatic carbocycles. The van der Waals surface area contributed by atoms with Gasteiger partial charge in [-0.05, 0) is 12.1 Å². The molecule has 0 aliphatic carbocycles. The predicted octanol–water partition coefficient (Wildman–Crippen LogP) is 0.690. The number of hydrazine groups is 1. The monoisotopic (exact) mass is 222 g/mol. The van der Waals surface area contributed by atoms with Gasteiger partial charge in [-0.25, -0.2) is 5.84 Å². The summed E-state index contributed by atoms with van der Waals surface area (Å²) in [6.45, 7) is 0. The van der Waals surface area contributed by atoms with Gasteiger partial charge in [-0.2, -0.15) is 5.10 Å². The molecule has 2 aromatic rings. The zero-order valence-electron chi connectivity index (χ0n) is 7.77. The molecule has 15 heavy (non-hydrogen) atoms. The Morgan fingerprint density at radius 3 is 2.73 bits per heavy atom. The number of benzene rings is 1. The van der Waals surface area contributed by atoms with Gasteiger partial charge < -0.3 is 16.4 Å². The molecule has 0 fully saturated rings. The van der Waals surface area contributed by atoms with E-state index < -0.39 is 0 Å². The summed E-state index contributed by atoms with van der Waals surface area (Å²) in [5, 5.41) is 14.1. The van der Waals surface area contributed by atoms with Crippen molar-refractivity contribution in [3.63, 3.8) is 0 Å². The lowest BCUT2D eigenvalue weighted by Gasteiger charge is -2.00. The van der Waals surface area contributed by atoms with E-state index in [1.54, 1.807) is 0 Å². The van der Waals surface area contributed by atoms with Crippen molar-refractivity contribution >= 4 is 27.3 Å².